The van der Waals surface area contributed by atoms with Crippen LogP contribution in [0.3, 0.4) is 0 Å². The number of carbonyl (C=O) groups is 1. The summed E-state index contributed by atoms with van der Waals surface area (Å²) in [6.45, 7) is 16.1. The average molecular weight is 492 g/mol. The maximum absolute atomic E-state index is 12.0. The van der Waals surface area contributed by atoms with Crippen molar-refractivity contribution in [2.45, 2.75) is 85.2 Å². The molecule has 1 saturated heterocycles. The van der Waals surface area contributed by atoms with Crippen molar-refractivity contribution in [2.24, 2.45) is 5.92 Å². The zero-order chi connectivity index (χ0) is 24.8. The summed E-state index contributed by atoms with van der Waals surface area (Å²) in [7, 11) is 0. The van der Waals surface area contributed by atoms with Crippen LogP contribution in [0.4, 0.5) is 0 Å². The highest BCUT2D eigenvalue weighted by Crippen LogP contribution is 2.53. The number of nitrogens with zero attached hydrogens (tertiary/aromatic N) is 4. The number of piperidine rings is 1. The number of carbonyl (C=O) groups excluding carboxylic acids is 1. The summed E-state index contributed by atoms with van der Waals surface area (Å²) in [6.07, 6.45) is 6.17. The molecular formula is C28H37N5OS. The lowest BCUT2D eigenvalue weighted by atomic mass is 9.88. The molecule has 5 heterocycles. The number of hydrogen-bond donors (Lipinski definition) is 1. The van der Waals surface area contributed by atoms with Gasteiger partial charge in [-0.05, 0) is 87.5 Å². The van der Waals surface area contributed by atoms with Crippen LogP contribution in [0.5, 0.6) is 0 Å². The number of aromatic amines is 1. The van der Waals surface area contributed by atoms with E-state index in [1.807, 2.05) is 15.9 Å². The fourth-order valence-electron chi connectivity index (χ4n) is 6.86. The summed E-state index contributed by atoms with van der Waals surface area (Å²) >= 11 is 1.96. The number of rotatable bonds is 5. The van der Waals surface area contributed by atoms with Gasteiger partial charge in [-0.25, -0.2) is 9.50 Å². The van der Waals surface area contributed by atoms with Crippen molar-refractivity contribution in [1.29, 1.82) is 0 Å². The first-order valence-electron chi connectivity index (χ1n) is 12.9. The van der Waals surface area contributed by atoms with Crippen LogP contribution in [0, 0.1) is 26.7 Å². The number of aromatic nitrogens is 4. The number of H-pyrrole nitrogens is 1. The van der Waals surface area contributed by atoms with Gasteiger partial charge in [0.15, 0.2) is 5.65 Å². The number of thiophene rings is 1. The Morgan fingerprint density at radius 2 is 1.94 bits per heavy atom. The van der Waals surface area contributed by atoms with E-state index in [0.29, 0.717) is 29.6 Å². The van der Waals surface area contributed by atoms with Gasteiger partial charge in [-0.15, -0.1) is 11.3 Å². The first kappa shape index (κ1) is 22.9. The number of Topliss-reactive ketones (excluding diaryl/α,β-unsaturated/α-hetero) is 1. The second-order valence-corrected chi connectivity index (χ2v) is 12.2. The molecule has 1 saturated carbocycles. The van der Waals surface area contributed by atoms with Gasteiger partial charge in [0.2, 0.25) is 0 Å². The van der Waals surface area contributed by atoms with Crippen molar-refractivity contribution in [3.05, 3.63) is 39.7 Å². The van der Waals surface area contributed by atoms with Crippen molar-refractivity contribution in [3.63, 3.8) is 0 Å². The Hall–Kier alpha value is -2.51. The monoisotopic (exact) mass is 491 g/mol. The van der Waals surface area contributed by atoms with Crippen LogP contribution < -0.4 is 0 Å². The Labute approximate surface area is 212 Å². The maximum Gasteiger partial charge on any atom is 0.158 e. The van der Waals surface area contributed by atoms with E-state index in [9.17, 15) is 4.79 Å². The number of likely N-dealkylation sites (tertiary alicyclic amines) is 1. The van der Waals surface area contributed by atoms with E-state index in [-0.39, 0.29) is 7.47 Å². The number of nitrogens with one attached hydrogen (secondary N) is 1. The summed E-state index contributed by atoms with van der Waals surface area (Å²) in [5, 5.41) is 5.85. The summed E-state index contributed by atoms with van der Waals surface area (Å²) in [4.78, 5) is 25.6. The largest absolute Gasteiger partial charge is 0.346 e. The predicted octanol–water partition coefficient (Wildman–Crippen LogP) is 6.39. The quantitative estimate of drug-likeness (QED) is 0.351. The van der Waals surface area contributed by atoms with Crippen LogP contribution in [-0.4, -0.2) is 48.9 Å². The number of ketones is 1. The molecule has 35 heavy (non-hydrogen) atoms. The number of aryl methyl sites for hydroxylation is 2. The Kier molecular flexibility index (Phi) is 5.24. The topological polar surface area (TPSA) is 66.3 Å². The number of hydrogen-bond acceptors (Lipinski definition) is 5. The predicted molar refractivity (Wildman–Crippen MR) is 145 cm³/mol. The molecule has 7 heteroatoms. The van der Waals surface area contributed by atoms with Gasteiger partial charge in [0, 0.05) is 36.0 Å². The smallest absolute Gasteiger partial charge is 0.158 e. The third kappa shape index (κ3) is 3.27. The van der Waals surface area contributed by atoms with Gasteiger partial charge < -0.3 is 4.98 Å². The molecule has 6 nitrogen and oxygen atoms in total. The van der Waals surface area contributed by atoms with E-state index in [1.165, 1.54) is 56.6 Å². The Morgan fingerprint density at radius 1 is 1.17 bits per heavy atom. The van der Waals surface area contributed by atoms with Crippen LogP contribution in [0.1, 0.15) is 80.9 Å². The van der Waals surface area contributed by atoms with Gasteiger partial charge in [0.25, 0.3) is 0 Å². The minimum atomic E-state index is 0. The van der Waals surface area contributed by atoms with Crippen molar-refractivity contribution < 1.29 is 6.22 Å². The summed E-state index contributed by atoms with van der Waals surface area (Å²) in [6, 6.07) is 0.595. The molecule has 4 aromatic rings. The highest BCUT2D eigenvalue weighted by Gasteiger charge is 2.48. The fraction of sp³-hybridized carbons (Fsp3) is 0.536. The molecule has 1 aliphatic carbocycles. The van der Waals surface area contributed by atoms with E-state index in [0.717, 1.165) is 12.2 Å². The van der Waals surface area contributed by atoms with E-state index < -0.39 is 0 Å². The minimum Gasteiger partial charge on any atom is -0.346 e. The second-order valence-electron chi connectivity index (χ2n) is 11.2. The molecule has 1 unspecified atom stereocenters. The molecule has 0 spiro atoms. The SMILES string of the molecule is CC(=O)[C@@H](C)N1C[C@@H]2CC1C[C@H]2c1sc2[nH]c(-c3cn4ncnc4c(C)c3C)c(C(C)C)c2c1C.[HH]. The second kappa shape index (κ2) is 8.00. The number of pyridine rings is 1. The summed E-state index contributed by atoms with van der Waals surface area (Å²) in [5.41, 5.74) is 8.66. The zero-order valence-corrected chi connectivity index (χ0v) is 22.6. The average Bonchev–Trinajstić information content (AvgIpc) is 3.61. The molecule has 1 N–H and O–H groups in total. The van der Waals surface area contributed by atoms with Crippen LogP contribution in [-0.2, 0) is 4.79 Å². The van der Waals surface area contributed by atoms with Gasteiger partial charge in [-0.1, -0.05) is 13.8 Å². The molecule has 0 radical (unpaired) electrons. The molecule has 1 aliphatic heterocycles. The third-order valence-corrected chi connectivity index (χ3v) is 10.3. The summed E-state index contributed by atoms with van der Waals surface area (Å²) < 4.78 is 1.90. The first-order valence-corrected chi connectivity index (χ1v) is 13.7. The molecule has 6 rings (SSSR count). The first-order chi connectivity index (χ1) is 16.7. The van der Waals surface area contributed by atoms with Crippen LogP contribution >= 0.6 is 11.3 Å². The molecule has 4 atom stereocenters. The van der Waals surface area contributed by atoms with Gasteiger partial charge in [0.1, 0.15) is 16.9 Å². The van der Waals surface area contributed by atoms with E-state index in [2.05, 4.69) is 67.7 Å². The summed E-state index contributed by atoms with van der Waals surface area (Å²) in [5.74, 6) is 1.96. The van der Waals surface area contributed by atoms with Crippen molar-refractivity contribution in [3.8, 4) is 11.3 Å². The standard InChI is InChI=1S/C28H35N5OS.H2/c1-13(2)23-24-16(5)26(21-9-20-8-19(21)10-32(20)17(6)18(7)34)35-28(24)31-25(23)22-11-33-27(29-12-30-33)15(4)14(22)3;/h11-13,17,19-21,31H,8-10H2,1-7H3;1H/t17-,19+,20?,21-;/m1./s1. The van der Waals surface area contributed by atoms with Gasteiger partial charge >= 0.3 is 0 Å². The molecule has 2 fully saturated rings. The zero-order valence-electron chi connectivity index (χ0n) is 21.8. The van der Waals surface area contributed by atoms with Crippen LogP contribution in [0.25, 0.3) is 27.1 Å². The molecular weight excluding hydrogens is 454 g/mol. The normalized spacial score (nSPS) is 23.4. The lowest BCUT2D eigenvalue weighted by Gasteiger charge is -2.34. The van der Waals surface area contributed by atoms with Gasteiger partial charge in [-0.2, -0.15) is 5.10 Å². The lowest BCUT2D eigenvalue weighted by molar-refractivity contribution is -0.122. The maximum atomic E-state index is 12.0. The van der Waals surface area contributed by atoms with E-state index >= 15 is 0 Å². The fourth-order valence-corrected chi connectivity index (χ4v) is 8.30. The van der Waals surface area contributed by atoms with Gasteiger partial charge in [-0.3, -0.25) is 9.69 Å². The molecule has 2 aliphatic rings. The van der Waals surface area contributed by atoms with E-state index in [4.69, 9.17) is 0 Å². The molecule has 0 amide bonds. The Balaban J connectivity index is 0.00000267. The van der Waals surface area contributed by atoms with E-state index in [1.54, 1.807) is 18.1 Å². The minimum absolute atomic E-state index is 0. The van der Waals surface area contributed by atoms with Crippen LogP contribution in [0.15, 0.2) is 12.5 Å². The highest BCUT2D eigenvalue weighted by molar-refractivity contribution is 7.19. The molecule has 2 bridgehead atoms. The third-order valence-electron chi connectivity index (χ3n) is 8.94. The van der Waals surface area contributed by atoms with Crippen molar-refractivity contribution in [2.75, 3.05) is 6.54 Å². The Bertz CT molecular complexity index is 1480. The lowest BCUT2D eigenvalue weighted by Crippen LogP contribution is -2.44. The van der Waals surface area contributed by atoms with Crippen molar-refractivity contribution in [1.82, 2.24) is 24.5 Å². The van der Waals surface area contributed by atoms with Crippen LogP contribution in [0.2, 0.25) is 0 Å². The molecule has 4 aromatic heterocycles. The molecule has 0 aromatic carbocycles. The molecule has 186 valence electrons. The highest BCUT2D eigenvalue weighted by atomic mass is 32.1. The Morgan fingerprint density at radius 3 is 2.60 bits per heavy atom. The number of fused-ring (bicyclic) bond motifs is 4. The van der Waals surface area contributed by atoms with Crippen molar-refractivity contribution >= 4 is 33.0 Å². The van der Waals surface area contributed by atoms with Gasteiger partial charge in [0.05, 0.1) is 11.7 Å².